The van der Waals surface area contributed by atoms with Gasteiger partial charge < -0.3 is 24.4 Å². The second-order valence-corrected chi connectivity index (χ2v) is 5.64. The van der Waals surface area contributed by atoms with Gasteiger partial charge in [0.1, 0.15) is 11.5 Å². The Hall–Kier alpha value is -2.84. The number of benzene rings is 2. The van der Waals surface area contributed by atoms with Crippen LogP contribution < -0.4 is 14.9 Å². The number of hydrogen-bond donors (Lipinski definition) is 2. The minimum absolute atomic E-state index is 0.00532. The van der Waals surface area contributed by atoms with Crippen molar-refractivity contribution in [3.05, 3.63) is 53.6 Å². The summed E-state index contributed by atoms with van der Waals surface area (Å²) in [5.41, 5.74) is 0.930. The number of carbonyl (C=O) groups is 2. The average Bonchev–Trinajstić information content (AvgIpc) is 2.65. The molecule has 136 valence electrons. The predicted molar refractivity (Wildman–Crippen MR) is 96.6 cm³/mol. The molecule has 0 aliphatic rings. The van der Waals surface area contributed by atoms with Crippen LogP contribution in [0.4, 0.5) is 0 Å². The summed E-state index contributed by atoms with van der Waals surface area (Å²) in [4.78, 5) is 25.0. The van der Waals surface area contributed by atoms with Gasteiger partial charge in [0.2, 0.25) is 0 Å². The maximum absolute atomic E-state index is 12.3. The van der Waals surface area contributed by atoms with Crippen LogP contribution in [0.2, 0.25) is 0 Å². The molecule has 0 aliphatic heterocycles. The molecule has 0 saturated carbocycles. The normalized spacial score (nSPS) is 10.2. The molecule has 0 spiro atoms. The van der Waals surface area contributed by atoms with E-state index in [1.807, 2.05) is 24.3 Å². The van der Waals surface area contributed by atoms with Crippen LogP contribution in [0.5, 0.6) is 11.5 Å². The lowest BCUT2D eigenvalue weighted by atomic mass is 9.77. The number of aldehydes is 1. The predicted octanol–water partition coefficient (Wildman–Crippen LogP) is 0.225. The molecule has 26 heavy (non-hydrogen) atoms. The van der Waals surface area contributed by atoms with Gasteiger partial charge in [-0.05, 0) is 29.2 Å². The van der Waals surface area contributed by atoms with Crippen LogP contribution in [0.25, 0.3) is 0 Å². The average molecular weight is 357 g/mol. The molecule has 0 heterocycles. The number of amides is 1. The lowest BCUT2D eigenvalue weighted by Crippen LogP contribution is -2.34. The first-order valence-corrected chi connectivity index (χ1v) is 7.90. The lowest BCUT2D eigenvalue weighted by Gasteiger charge is -2.18. The summed E-state index contributed by atoms with van der Waals surface area (Å²) >= 11 is 0. The smallest absolute Gasteiger partial charge is 0.489 e. The standard InChI is InChI=1S/C18H20BNO6/c1-20(10-13-5-3-6-14(9-13)25-2)18(22)12-26-17-8-4-7-16(19(23)24)15(17)11-21/h3-9,11,23-24H,10,12H2,1-2H3. The molecule has 2 aromatic carbocycles. The van der Waals surface area contributed by atoms with Crippen molar-refractivity contribution in [3.63, 3.8) is 0 Å². The van der Waals surface area contributed by atoms with Crippen molar-refractivity contribution in [2.75, 3.05) is 20.8 Å². The van der Waals surface area contributed by atoms with E-state index in [9.17, 15) is 19.6 Å². The van der Waals surface area contributed by atoms with Gasteiger partial charge in [-0.3, -0.25) is 9.59 Å². The third-order valence-corrected chi connectivity index (χ3v) is 3.83. The van der Waals surface area contributed by atoms with Crippen LogP contribution in [0.3, 0.4) is 0 Å². The Bertz CT molecular complexity index is 780. The molecule has 1 amide bonds. The maximum atomic E-state index is 12.3. The fraction of sp³-hybridized carbons (Fsp3) is 0.222. The Morgan fingerprint density at radius 1 is 1.23 bits per heavy atom. The van der Waals surface area contributed by atoms with E-state index >= 15 is 0 Å². The van der Waals surface area contributed by atoms with Crippen molar-refractivity contribution in [2.24, 2.45) is 0 Å². The van der Waals surface area contributed by atoms with Crippen LogP contribution in [0, 0.1) is 0 Å². The van der Waals surface area contributed by atoms with Crippen molar-refractivity contribution in [3.8, 4) is 11.5 Å². The zero-order chi connectivity index (χ0) is 19.1. The Labute approximate surface area is 151 Å². The van der Waals surface area contributed by atoms with Crippen LogP contribution >= 0.6 is 0 Å². The van der Waals surface area contributed by atoms with Gasteiger partial charge in [0, 0.05) is 13.6 Å². The van der Waals surface area contributed by atoms with Crippen LogP contribution in [0.15, 0.2) is 42.5 Å². The van der Waals surface area contributed by atoms with Crippen molar-refractivity contribution in [1.29, 1.82) is 0 Å². The highest BCUT2D eigenvalue weighted by atomic mass is 16.5. The molecular weight excluding hydrogens is 337 g/mol. The van der Waals surface area contributed by atoms with E-state index in [0.717, 1.165) is 5.56 Å². The number of ether oxygens (including phenoxy) is 2. The molecule has 0 bridgehead atoms. The molecule has 7 nitrogen and oxygen atoms in total. The number of carbonyl (C=O) groups excluding carboxylic acids is 2. The Morgan fingerprint density at radius 2 is 1.96 bits per heavy atom. The largest absolute Gasteiger partial charge is 0.497 e. The Balaban J connectivity index is 2.02. The summed E-state index contributed by atoms with van der Waals surface area (Å²) in [6.07, 6.45) is 0.467. The minimum atomic E-state index is -1.80. The van der Waals surface area contributed by atoms with Gasteiger partial charge in [-0.15, -0.1) is 0 Å². The van der Waals surface area contributed by atoms with Gasteiger partial charge in [0.05, 0.1) is 12.7 Å². The van der Waals surface area contributed by atoms with Gasteiger partial charge in [-0.2, -0.15) is 0 Å². The molecule has 0 radical (unpaired) electrons. The maximum Gasteiger partial charge on any atom is 0.489 e. The van der Waals surface area contributed by atoms with Gasteiger partial charge in [-0.1, -0.05) is 24.3 Å². The first-order valence-electron chi connectivity index (χ1n) is 7.90. The number of hydrogen-bond acceptors (Lipinski definition) is 6. The third kappa shape index (κ3) is 4.84. The summed E-state index contributed by atoms with van der Waals surface area (Å²) < 4.78 is 10.6. The Morgan fingerprint density at radius 3 is 2.62 bits per heavy atom. The number of methoxy groups -OCH3 is 1. The summed E-state index contributed by atoms with van der Waals surface area (Å²) in [5.74, 6) is 0.531. The van der Waals surface area contributed by atoms with E-state index in [0.29, 0.717) is 18.6 Å². The van der Waals surface area contributed by atoms with Crippen LogP contribution in [-0.2, 0) is 11.3 Å². The third-order valence-electron chi connectivity index (χ3n) is 3.83. The number of rotatable bonds is 8. The van der Waals surface area contributed by atoms with Gasteiger partial charge in [0.25, 0.3) is 5.91 Å². The van der Waals surface area contributed by atoms with E-state index in [1.54, 1.807) is 14.2 Å². The molecule has 2 N–H and O–H groups in total. The zero-order valence-electron chi connectivity index (χ0n) is 14.6. The molecule has 8 heteroatoms. The quantitative estimate of drug-likeness (QED) is 0.519. The summed E-state index contributed by atoms with van der Waals surface area (Å²) in [6, 6.07) is 11.8. The van der Waals surface area contributed by atoms with E-state index in [-0.39, 0.29) is 29.3 Å². The monoisotopic (exact) mass is 357 g/mol. The number of nitrogens with zero attached hydrogens (tertiary/aromatic N) is 1. The SMILES string of the molecule is COc1cccc(CN(C)C(=O)COc2cccc(B(O)O)c2C=O)c1. The highest BCUT2D eigenvalue weighted by Crippen LogP contribution is 2.16. The van der Waals surface area contributed by atoms with E-state index in [4.69, 9.17) is 9.47 Å². The second kappa shape index (κ2) is 9.03. The highest BCUT2D eigenvalue weighted by Gasteiger charge is 2.20. The van der Waals surface area contributed by atoms with Crippen molar-refractivity contribution in [2.45, 2.75) is 6.54 Å². The van der Waals surface area contributed by atoms with Crippen LogP contribution in [0.1, 0.15) is 15.9 Å². The minimum Gasteiger partial charge on any atom is -0.497 e. The molecular formula is C18H20BNO6. The van der Waals surface area contributed by atoms with Crippen molar-refractivity contribution < 1.29 is 29.1 Å². The molecule has 0 aromatic heterocycles. The van der Waals surface area contributed by atoms with Crippen LogP contribution in [-0.4, -0.2) is 55.0 Å². The molecule has 0 unspecified atom stereocenters. The Kier molecular flexibility index (Phi) is 6.77. The van der Waals surface area contributed by atoms with E-state index < -0.39 is 7.12 Å². The first kappa shape index (κ1) is 19.5. The molecule has 0 fully saturated rings. The summed E-state index contributed by atoms with van der Waals surface area (Å²) in [7, 11) is 1.41. The first-order chi connectivity index (χ1) is 12.5. The van der Waals surface area contributed by atoms with Crippen molar-refractivity contribution in [1.82, 2.24) is 4.90 Å². The summed E-state index contributed by atoms with van der Waals surface area (Å²) in [5, 5.41) is 18.6. The highest BCUT2D eigenvalue weighted by molar-refractivity contribution is 6.60. The topological polar surface area (TPSA) is 96.3 Å². The summed E-state index contributed by atoms with van der Waals surface area (Å²) in [6.45, 7) is 0.0849. The second-order valence-electron chi connectivity index (χ2n) is 5.64. The molecule has 2 rings (SSSR count). The molecule has 0 atom stereocenters. The number of likely N-dealkylation sites (N-methyl/N-ethyl adjacent to an activating group) is 1. The fourth-order valence-corrected chi connectivity index (χ4v) is 2.42. The molecule has 0 saturated heterocycles. The van der Waals surface area contributed by atoms with Gasteiger partial charge in [0.15, 0.2) is 12.9 Å². The lowest BCUT2D eigenvalue weighted by molar-refractivity contribution is -0.132. The van der Waals surface area contributed by atoms with Gasteiger partial charge >= 0.3 is 7.12 Å². The van der Waals surface area contributed by atoms with E-state index in [2.05, 4.69) is 0 Å². The molecule has 2 aromatic rings. The van der Waals surface area contributed by atoms with Crippen molar-refractivity contribution >= 4 is 24.8 Å². The van der Waals surface area contributed by atoms with Gasteiger partial charge in [-0.25, -0.2) is 0 Å². The van der Waals surface area contributed by atoms with E-state index in [1.165, 1.54) is 23.1 Å². The molecule has 0 aliphatic carbocycles. The fourth-order valence-electron chi connectivity index (χ4n) is 2.42. The zero-order valence-corrected chi connectivity index (χ0v) is 14.6.